The average molecular weight is 382 g/mol. The molecule has 150 valence electrons. The second-order valence-corrected chi connectivity index (χ2v) is 7.71. The Bertz CT molecular complexity index is 767. The normalized spacial score (nSPS) is 18.0. The zero-order valence-corrected chi connectivity index (χ0v) is 17.1. The number of anilines is 1. The highest BCUT2D eigenvalue weighted by molar-refractivity contribution is 5.76. The molecule has 1 saturated heterocycles. The van der Waals surface area contributed by atoms with Gasteiger partial charge < -0.3 is 20.0 Å². The number of hydrogen-bond donors (Lipinski definition) is 1. The molecule has 0 saturated carbocycles. The number of rotatable bonds is 7. The Hall–Kier alpha value is -2.44. The van der Waals surface area contributed by atoms with Crippen molar-refractivity contribution in [1.29, 1.82) is 0 Å². The Labute approximate surface area is 168 Å². The lowest BCUT2D eigenvalue weighted by Gasteiger charge is -2.37. The van der Waals surface area contributed by atoms with Crippen molar-refractivity contribution < 1.29 is 4.79 Å². The van der Waals surface area contributed by atoms with Crippen molar-refractivity contribution in [1.82, 2.24) is 20.1 Å². The summed E-state index contributed by atoms with van der Waals surface area (Å²) in [6.45, 7) is 4.26. The SMILES string of the molecule is CN1CCN(C)C(CC(=O)NCc2cccnc2N(C)Cc2ccccc2)C1. The van der Waals surface area contributed by atoms with Gasteiger partial charge >= 0.3 is 0 Å². The quantitative estimate of drug-likeness (QED) is 0.795. The van der Waals surface area contributed by atoms with E-state index in [1.807, 2.05) is 37.4 Å². The van der Waals surface area contributed by atoms with Crippen LogP contribution >= 0.6 is 0 Å². The van der Waals surface area contributed by atoms with E-state index in [9.17, 15) is 4.79 Å². The molecular formula is C22H31N5O. The number of likely N-dealkylation sites (N-methyl/N-ethyl adjacent to an activating group) is 2. The van der Waals surface area contributed by atoms with Crippen LogP contribution in [-0.4, -0.2) is 67.5 Å². The summed E-state index contributed by atoms with van der Waals surface area (Å²) in [7, 11) is 6.25. The lowest BCUT2D eigenvalue weighted by molar-refractivity contribution is -0.122. The second-order valence-electron chi connectivity index (χ2n) is 7.71. The molecule has 2 heterocycles. The van der Waals surface area contributed by atoms with E-state index in [-0.39, 0.29) is 11.9 Å². The van der Waals surface area contributed by atoms with Crippen LogP contribution < -0.4 is 10.2 Å². The first-order valence-corrected chi connectivity index (χ1v) is 9.87. The maximum Gasteiger partial charge on any atom is 0.221 e. The van der Waals surface area contributed by atoms with Gasteiger partial charge in [-0.2, -0.15) is 0 Å². The molecule has 1 aromatic carbocycles. The summed E-state index contributed by atoms with van der Waals surface area (Å²) in [4.78, 5) is 23.8. The van der Waals surface area contributed by atoms with Gasteiger partial charge in [-0.3, -0.25) is 4.79 Å². The van der Waals surface area contributed by atoms with E-state index in [1.165, 1.54) is 5.56 Å². The number of amides is 1. The molecule has 2 aromatic rings. The number of nitrogens with one attached hydrogen (secondary N) is 1. The summed E-state index contributed by atoms with van der Waals surface area (Å²) in [5.41, 5.74) is 2.26. The molecule has 1 N–H and O–H groups in total. The fourth-order valence-corrected chi connectivity index (χ4v) is 3.65. The van der Waals surface area contributed by atoms with E-state index in [0.29, 0.717) is 13.0 Å². The second kappa shape index (κ2) is 9.66. The van der Waals surface area contributed by atoms with Crippen LogP contribution in [0, 0.1) is 0 Å². The highest BCUT2D eigenvalue weighted by Crippen LogP contribution is 2.18. The molecule has 1 fully saturated rings. The fourth-order valence-electron chi connectivity index (χ4n) is 3.65. The number of carbonyl (C=O) groups excluding carboxylic acids is 1. The maximum atomic E-state index is 12.5. The molecule has 1 unspecified atom stereocenters. The first-order valence-electron chi connectivity index (χ1n) is 9.87. The number of pyridine rings is 1. The van der Waals surface area contributed by atoms with E-state index >= 15 is 0 Å². The monoisotopic (exact) mass is 381 g/mol. The Morgan fingerprint density at radius 3 is 2.75 bits per heavy atom. The van der Waals surface area contributed by atoms with Crippen LogP contribution in [0.4, 0.5) is 5.82 Å². The number of benzene rings is 1. The maximum absolute atomic E-state index is 12.5. The molecule has 6 nitrogen and oxygen atoms in total. The Morgan fingerprint density at radius 1 is 1.18 bits per heavy atom. The van der Waals surface area contributed by atoms with Crippen molar-refractivity contribution in [3.63, 3.8) is 0 Å². The summed E-state index contributed by atoms with van der Waals surface area (Å²) in [5, 5.41) is 3.09. The van der Waals surface area contributed by atoms with Crippen molar-refractivity contribution in [3.8, 4) is 0 Å². The largest absolute Gasteiger partial charge is 0.355 e. The van der Waals surface area contributed by atoms with Crippen molar-refractivity contribution in [2.75, 3.05) is 45.7 Å². The Kier molecular flexibility index (Phi) is 7.01. The summed E-state index contributed by atoms with van der Waals surface area (Å²) in [5.74, 6) is 0.994. The molecule has 1 aliphatic heterocycles. The van der Waals surface area contributed by atoms with E-state index in [4.69, 9.17) is 0 Å². The third-order valence-electron chi connectivity index (χ3n) is 5.37. The molecular weight excluding hydrogens is 350 g/mol. The van der Waals surface area contributed by atoms with Gasteiger partial charge in [0.2, 0.25) is 5.91 Å². The smallest absolute Gasteiger partial charge is 0.221 e. The molecule has 1 aliphatic rings. The van der Waals surface area contributed by atoms with Crippen LogP contribution in [0.5, 0.6) is 0 Å². The topological polar surface area (TPSA) is 51.7 Å². The first kappa shape index (κ1) is 20.3. The standard InChI is InChI=1S/C22H31N5O/c1-25-12-13-26(2)20(17-25)14-21(28)24-15-19-10-7-11-23-22(19)27(3)16-18-8-5-4-6-9-18/h4-11,20H,12-17H2,1-3H3,(H,24,28). The first-order chi connectivity index (χ1) is 13.5. The minimum atomic E-state index is 0.0904. The molecule has 6 heteroatoms. The van der Waals surface area contributed by atoms with Crippen molar-refractivity contribution in [2.45, 2.75) is 25.6 Å². The van der Waals surface area contributed by atoms with Crippen LogP contribution in [0.25, 0.3) is 0 Å². The molecule has 1 amide bonds. The highest BCUT2D eigenvalue weighted by Gasteiger charge is 2.24. The third-order valence-corrected chi connectivity index (χ3v) is 5.37. The molecule has 3 rings (SSSR count). The minimum Gasteiger partial charge on any atom is -0.355 e. The van der Waals surface area contributed by atoms with Gasteiger partial charge in [-0.15, -0.1) is 0 Å². The molecule has 1 atom stereocenters. The predicted molar refractivity (Wildman–Crippen MR) is 113 cm³/mol. The zero-order valence-electron chi connectivity index (χ0n) is 17.1. The van der Waals surface area contributed by atoms with Gasteiger partial charge in [-0.1, -0.05) is 36.4 Å². The van der Waals surface area contributed by atoms with Crippen LogP contribution in [0.2, 0.25) is 0 Å². The summed E-state index contributed by atoms with van der Waals surface area (Å²) in [6.07, 6.45) is 2.32. The average Bonchev–Trinajstić information content (AvgIpc) is 2.70. The minimum absolute atomic E-state index is 0.0904. The van der Waals surface area contributed by atoms with Crippen molar-refractivity contribution in [2.24, 2.45) is 0 Å². The number of piperazine rings is 1. The molecule has 0 bridgehead atoms. The molecule has 28 heavy (non-hydrogen) atoms. The lowest BCUT2D eigenvalue weighted by atomic mass is 10.1. The van der Waals surface area contributed by atoms with Gasteiger partial charge in [0.25, 0.3) is 0 Å². The van der Waals surface area contributed by atoms with Gasteiger partial charge in [-0.25, -0.2) is 4.98 Å². The van der Waals surface area contributed by atoms with E-state index < -0.39 is 0 Å². The van der Waals surface area contributed by atoms with Crippen molar-refractivity contribution in [3.05, 3.63) is 59.8 Å². The van der Waals surface area contributed by atoms with Gasteiger partial charge in [0, 0.05) is 64.0 Å². The predicted octanol–water partition coefficient (Wildman–Crippen LogP) is 1.97. The van der Waals surface area contributed by atoms with E-state index in [2.05, 4.69) is 51.2 Å². The highest BCUT2D eigenvalue weighted by atomic mass is 16.1. The number of aromatic nitrogens is 1. The van der Waals surface area contributed by atoms with Gasteiger partial charge in [0.05, 0.1) is 0 Å². The molecule has 0 spiro atoms. The number of nitrogens with zero attached hydrogens (tertiary/aromatic N) is 4. The Morgan fingerprint density at radius 2 is 1.96 bits per heavy atom. The van der Waals surface area contributed by atoms with Gasteiger partial charge in [-0.05, 0) is 25.7 Å². The van der Waals surface area contributed by atoms with Gasteiger partial charge in [0.1, 0.15) is 5.82 Å². The summed E-state index contributed by atoms with van der Waals surface area (Å²) < 4.78 is 0. The van der Waals surface area contributed by atoms with Crippen molar-refractivity contribution >= 4 is 11.7 Å². The lowest BCUT2D eigenvalue weighted by Crippen LogP contribution is -2.51. The number of hydrogen-bond acceptors (Lipinski definition) is 5. The van der Waals surface area contributed by atoms with Crippen LogP contribution in [0.3, 0.4) is 0 Å². The summed E-state index contributed by atoms with van der Waals surface area (Å²) >= 11 is 0. The van der Waals surface area contributed by atoms with Crippen LogP contribution in [0.15, 0.2) is 48.7 Å². The zero-order chi connectivity index (χ0) is 19.9. The van der Waals surface area contributed by atoms with E-state index in [1.54, 1.807) is 6.20 Å². The summed E-state index contributed by atoms with van der Waals surface area (Å²) in [6, 6.07) is 14.6. The molecule has 0 radical (unpaired) electrons. The van der Waals surface area contributed by atoms with E-state index in [0.717, 1.165) is 37.6 Å². The van der Waals surface area contributed by atoms with Crippen LogP contribution in [-0.2, 0) is 17.9 Å². The third kappa shape index (κ3) is 5.53. The molecule has 0 aliphatic carbocycles. The fraction of sp³-hybridized carbons (Fsp3) is 0.455. The van der Waals surface area contributed by atoms with Crippen LogP contribution in [0.1, 0.15) is 17.5 Å². The number of carbonyl (C=O) groups is 1. The van der Waals surface area contributed by atoms with Gasteiger partial charge in [0.15, 0.2) is 0 Å². The molecule has 1 aromatic heterocycles. The Balaban J connectivity index is 1.58.